The maximum atomic E-state index is 11.8. The van der Waals surface area contributed by atoms with Gasteiger partial charge in [0.2, 0.25) is 0 Å². The maximum absolute atomic E-state index is 11.8. The predicted octanol–water partition coefficient (Wildman–Crippen LogP) is 5.58. The summed E-state index contributed by atoms with van der Waals surface area (Å²) in [5, 5.41) is 3.79. The Labute approximate surface area is 170 Å². The summed E-state index contributed by atoms with van der Waals surface area (Å²) < 4.78 is 12.9. The van der Waals surface area contributed by atoms with Gasteiger partial charge >= 0.3 is 6.09 Å². The third-order valence-electron chi connectivity index (χ3n) is 5.44. The van der Waals surface area contributed by atoms with Crippen LogP contribution in [0.4, 0.5) is 16.2 Å². The van der Waals surface area contributed by atoms with E-state index in [4.69, 9.17) is 15.2 Å². The number of nitrogens with two attached hydrogens (primary N) is 1. The van der Waals surface area contributed by atoms with Crippen LogP contribution in [0.1, 0.15) is 39.2 Å². The third-order valence-corrected chi connectivity index (χ3v) is 5.44. The number of hydrogen-bond acceptors (Lipinski definition) is 4. The normalized spacial score (nSPS) is 14.1. The van der Waals surface area contributed by atoms with Crippen LogP contribution in [-0.2, 0) is 4.74 Å². The minimum Gasteiger partial charge on any atom is -0.497 e. The lowest BCUT2D eigenvalue weighted by atomic mass is 9.92. The first-order valence-electron chi connectivity index (χ1n) is 10.0. The summed E-state index contributed by atoms with van der Waals surface area (Å²) in [6, 6.07) is 14.2. The summed E-state index contributed by atoms with van der Waals surface area (Å²) in [5.41, 5.74) is 11.2. The number of rotatable bonds is 5. The second kappa shape index (κ2) is 7.70. The van der Waals surface area contributed by atoms with E-state index in [-0.39, 0.29) is 6.10 Å². The number of carbonyl (C=O) groups excluding carboxylic acids is 1. The van der Waals surface area contributed by atoms with Crippen molar-refractivity contribution in [2.45, 2.75) is 45.3 Å². The Balaban J connectivity index is 1.73. The van der Waals surface area contributed by atoms with Crippen molar-refractivity contribution in [1.82, 2.24) is 4.57 Å². The zero-order chi connectivity index (χ0) is 20.5. The van der Waals surface area contributed by atoms with E-state index in [2.05, 4.69) is 16.0 Å². The Kier molecular flexibility index (Phi) is 5.09. The number of carbonyl (C=O) groups is 1. The summed E-state index contributed by atoms with van der Waals surface area (Å²) in [5.74, 6) is 0.824. The van der Waals surface area contributed by atoms with Gasteiger partial charge in [-0.05, 0) is 57.4 Å². The number of nitrogens with zero attached hydrogens (tertiary/aromatic N) is 1. The average molecular weight is 393 g/mol. The van der Waals surface area contributed by atoms with Crippen molar-refractivity contribution in [1.29, 1.82) is 0 Å². The fourth-order valence-corrected chi connectivity index (χ4v) is 3.83. The molecule has 1 amide bonds. The number of fused-ring (bicyclic) bond motifs is 1. The van der Waals surface area contributed by atoms with Crippen LogP contribution in [0.3, 0.4) is 0 Å². The standard InChI is InChI=1S/C23H27N3O3/c1-14(2)29-23(27)25-16-9-7-15(8-10-16)22-21(24)19-12-11-18(28-3)13-20(19)26(22)17-5-4-6-17/h7-14,17H,4-6,24H2,1-3H3,(H,25,27). The summed E-state index contributed by atoms with van der Waals surface area (Å²) in [6.07, 6.45) is 2.91. The molecule has 6 heteroatoms. The van der Waals surface area contributed by atoms with Crippen LogP contribution in [0.2, 0.25) is 0 Å². The van der Waals surface area contributed by atoms with Gasteiger partial charge in [0, 0.05) is 28.7 Å². The molecule has 2 aromatic carbocycles. The summed E-state index contributed by atoms with van der Waals surface area (Å²) in [7, 11) is 1.68. The van der Waals surface area contributed by atoms with Crippen molar-refractivity contribution in [3.05, 3.63) is 42.5 Å². The zero-order valence-electron chi connectivity index (χ0n) is 17.1. The smallest absolute Gasteiger partial charge is 0.411 e. The highest BCUT2D eigenvalue weighted by Crippen LogP contribution is 2.44. The van der Waals surface area contributed by atoms with Gasteiger partial charge in [0.25, 0.3) is 0 Å². The number of methoxy groups -OCH3 is 1. The fourth-order valence-electron chi connectivity index (χ4n) is 3.83. The lowest BCUT2D eigenvalue weighted by Gasteiger charge is -2.30. The molecule has 1 fully saturated rings. The second-order valence-corrected chi connectivity index (χ2v) is 7.76. The Hall–Kier alpha value is -3.15. The van der Waals surface area contributed by atoms with Gasteiger partial charge in [-0.3, -0.25) is 5.32 Å². The third kappa shape index (κ3) is 3.62. The number of benzene rings is 2. The Morgan fingerprint density at radius 2 is 1.90 bits per heavy atom. The molecule has 1 aliphatic rings. The van der Waals surface area contributed by atoms with Gasteiger partial charge in [-0.2, -0.15) is 0 Å². The molecule has 0 unspecified atom stereocenters. The van der Waals surface area contributed by atoms with Crippen LogP contribution in [0.25, 0.3) is 22.2 Å². The molecule has 1 heterocycles. The van der Waals surface area contributed by atoms with Gasteiger partial charge in [-0.1, -0.05) is 12.1 Å². The molecule has 29 heavy (non-hydrogen) atoms. The molecular formula is C23H27N3O3. The van der Waals surface area contributed by atoms with E-state index in [9.17, 15) is 4.79 Å². The summed E-state index contributed by atoms with van der Waals surface area (Å²) in [6.45, 7) is 3.64. The van der Waals surface area contributed by atoms with Crippen LogP contribution in [0, 0.1) is 0 Å². The topological polar surface area (TPSA) is 78.5 Å². The molecule has 1 aliphatic carbocycles. The molecule has 0 radical (unpaired) electrons. The van der Waals surface area contributed by atoms with Crippen LogP contribution < -0.4 is 15.8 Å². The monoisotopic (exact) mass is 393 g/mol. The van der Waals surface area contributed by atoms with E-state index in [0.29, 0.717) is 11.7 Å². The second-order valence-electron chi connectivity index (χ2n) is 7.76. The number of nitrogens with one attached hydrogen (secondary N) is 1. The van der Waals surface area contributed by atoms with Gasteiger partial charge in [0.05, 0.1) is 30.1 Å². The Bertz CT molecular complexity index is 1030. The molecule has 1 aromatic heterocycles. The van der Waals surface area contributed by atoms with E-state index in [1.165, 1.54) is 6.42 Å². The van der Waals surface area contributed by atoms with Crippen molar-refractivity contribution in [2.24, 2.45) is 0 Å². The van der Waals surface area contributed by atoms with Crippen molar-refractivity contribution in [3.63, 3.8) is 0 Å². The van der Waals surface area contributed by atoms with Gasteiger partial charge in [0.1, 0.15) is 5.75 Å². The van der Waals surface area contributed by atoms with E-state index in [0.717, 1.165) is 46.4 Å². The van der Waals surface area contributed by atoms with Crippen LogP contribution in [0.15, 0.2) is 42.5 Å². The lowest BCUT2D eigenvalue weighted by Crippen LogP contribution is -2.18. The average Bonchev–Trinajstić information content (AvgIpc) is 2.92. The molecule has 3 N–H and O–H groups in total. The first-order valence-corrected chi connectivity index (χ1v) is 10.0. The predicted molar refractivity (Wildman–Crippen MR) is 116 cm³/mol. The van der Waals surface area contributed by atoms with E-state index >= 15 is 0 Å². The van der Waals surface area contributed by atoms with Crippen LogP contribution in [0.5, 0.6) is 5.75 Å². The Morgan fingerprint density at radius 3 is 2.48 bits per heavy atom. The SMILES string of the molecule is COc1ccc2c(N)c(-c3ccc(NC(=O)OC(C)C)cc3)n(C3CCC3)c2c1. The van der Waals surface area contributed by atoms with Crippen LogP contribution >= 0.6 is 0 Å². The molecule has 152 valence electrons. The molecule has 0 atom stereocenters. The highest BCUT2D eigenvalue weighted by atomic mass is 16.6. The number of nitrogen functional groups attached to an aromatic ring is 1. The maximum Gasteiger partial charge on any atom is 0.411 e. The van der Waals surface area contributed by atoms with Gasteiger partial charge in [-0.25, -0.2) is 4.79 Å². The lowest BCUT2D eigenvalue weighted by molar-refractivity contribution is 0.130. The van der Waals surface area contributed by atoms with Gasteiger partial charge in [-0.15, -0.1) is 0 Å². The molecule has 3 aromatic rings. The fraction of sp³-hybridized carbons (Fsp3) is 0.348. The molecule has 0 bridgehead atoms. The summed E-state index contributed by atoms with van der Waals surface area (Å²) >= 11 is 0. The Morgan fingerprint density at radius 1 is 1.17 bits per heavy atom. The van der Waals surface area contributed by atoms with Gasteiger partial charge in [0.15, 0.2) is 0 Å². The number of ether oxygens (including phenoxy) is 2. The van der Waals surface area contributed by atoms with Gasteiger partial charge < -0.3 is 19.8 Å². The molecule has 0 aliphatic heterocycles. The molecule has 1 saturated carbocycles. The number of hydrogen-bond donors (Lipinski definition) is 2. The van der Waals surface area contributed by atoms with Crippen molar-refractivity contribution < 1.29 is 14.3 Å². The van der Waals surface area contributed by atoms with E-state index in [1.807, 2.05) is 50.2 Å². The van der Waals surface area contributed by atoms with E-state index < -0.39 is 6.09 Å². The van der Waals surface area contributed by atoms with Crippen LogP contribution in [-0.4, -0.2) is 23.9 Å². The molecule has 4 rings (SSSR count). The highest BCUT2D eigenvalue weighted by Gasteiger charge is 2.27. The largest absolute Gasteiger partial charge is 0.497 e. The van der Waals surface area contributed by atoms with Crippen molar-refractivity contribution in [2.75, 3.05) is 18.2 Å². The minimum atomic E-state index is -0.456. The molecule has 0 spiro atoms. The quantitative estimate of drug-likeness (QED) is 0.593. The van der Waals surface area contributed by atoms with Crippen molar-refractivity contribution >= 4 is 28.4 Å². The highest BCUT2D eigenvalue weighted by molar-refractivity contribution is 6.01. The first kappa shape index (κ1) is 19.2. The first-order chi connectivity index (χ1) is 14.0. The zero-order valence-corrected chi connectivity index (χ0v) is 17.1. The van der Waals surface area contributed by atoms with Crippen molar-refractivity contribution in [3.8, 4) is 17.0 Å². The molecule has 6 nitrogen and oxygen atoms in total. The molecule has 0 saturated heterocycles. The number of anilines is 2. The number of amides is 1. The summed E-state index contributed by atoms with van der Waals surface area (Å²) in [4.78, 5) is 11.8. The minimum absolute atomic E-state index is 0.163. The number of aromatic nitrogens is 1. The van der Waals surface area contributed by atoms with E-state index in [1.54, 1.807) is 7.11 Å². The molecular weight excluding hydrogens is 366 g/mol.